The number of hydrogen-bond donors (Lipinski definition) is 1. The van der Waals surface area contributed by atoms with Crippen LogP contribution in [0.25, 0.3) is 0 Å². The highest BCUT2D eigenvalue weighted by atomic mass is 32.2. The molecule has 2 unspecified atom stereocenters. The van der Waals surface area contributed by atoms with Gasteiger partial charge in [0.25, 0.3) is 5.69 Å². The molecule has 2 rings (SSSR count). The molecule has 116 valence electrons. The molecule has 1 aliphatic heterocycles. The van der Waals surface area contributed by atoms with Crippen LogP contribution in [0.5, 0.6) is 0 Å². The Labute approximate surface area is 123 Å². The Bertz CT molecular complexity index is 659. The van der Waals surface area contributed by atoms with E-state index in [4.69, 9.17) is 5.14 Å². The fraction of sp³-hybridized carbons (Fsp3) is 0.538. The van der Waals surface area contributed by atoms with E-state index in [1.165, 1.54) is 12.1 Å². The number of nitro groups is 1. The summed E-state index contributed by atoms with van der Waals surface area (Å²) in [5.41, 5.74) is 0.230. The molecular formula is C13H19N3O4S. The van der Waals surface area contributed by atoms with Crippen LogP contribution in [-0.2, 0) is 10.0 Å². The first-order valence-corrected chi connectivity index (χ1v) is 8.32. The number of hydrogen-bond acceptors (Lipinski definition) is 5. The number of anilines is 1. The third kappa shape index (κ3) is 3.33. The Balaban J connectivity index is 2.50. The van der Waals surface area contributed by atoms with E-state index in [0.717, 1.165) is 25.5 Å². The summed E-state index contributed by atoms with van der Waals surface area (Å²) in [5.74, 6) is 0.443. The summed E-state index contributed by atoms with van der Waals surface area (Å²) in [7, 11) is -3.95. The number of benzene rings is 1. The van der Waals surface area contributed by atoms with Gasteiger partial charge in [-0.2, -0.15) is 0 Å². The second-order valence-electron chi connectivity index (χ2n) is 5.64. The average molecular weight is 313 g/mol. The van der Waals surface area contributed by atoms with Crippen LogP contribution >= 0.6 is 0 Å². The van der Waals surface area contributed by atoms with E-state index < -0.39 is 14.9 Å². The summed E-state index contributed by atoms with van der Waals surface area (Å²) in [6.45, 7) is 4.84. The van der Waals surface area contributed by atoms with Gasteiger partial charge in [-0.05, 0) is 37.8 Å². The van der Waals surface area contributed by atoms with Crippen molar-refractivity contribution in [2.24, 2.45) is 11.1 Å². The van der Waals surface area contributed by atoms with Gasteiger partial charge in [0.05, 0.1) is 9.82 Å². The summed E-state index contributed by atoms with van der Waals surface area (Å²) >= 11 is 0. The lowest BCUT2D eigenvalue weighted by Crippen LogP contribution is -2.41. The smallest absolute Gasteiger partial charge is 0.293 e. The molecule has 0 saturated carbocycles. The van der Waals surface area contributed by atoms with Gasteiger partial charge in [0, 0.05) is 18.7 Å². The highest BCUT2D eigenvalue weighted by Gasteiger charge is 2.29. The molecule has 1 fully saturated rings. The lowest BCUT2D eigenvalue weighted by Gasteiger charge is -2.38. The molecule has 1 aliphatic rings. The summed E-state index contributed by atoms with van der Waals surface area (Å²) in [5, 5.41) is 16.3. The minimum Gasteiger partial charge on any atom is -0.363 e. The van der Waals surface area contributed by atoms with E-state index in [1.54, 1.807) is 0 Å². The zero-order chi connectivity index (χ0) is 15.8. The first-order chi connectivity index (χ1) is 9.70. The zero-order valence-corrected chi connectivity index (χ0v) is 12.8. The fourth-order valence-electron chi connectivity index (χ4n) is 2.69. The number of nitrogens with two attached hydrogens (primary N) is 1. The molecule has 2 N–H and O–H groups in total. The molecule has 1 saturated heterocycles. The summed E-state index contributed by atoms with van der Waals surface area (Å²) in [4.78, 5) is 12.4. The molecule has 0 bridgehead atoms. The SMILES string of the molecule is CC1CCC(C)N(c2ccc(S(N)(=O)=O)cc2[N+](=O)[O-])C1. The van der Waals surface area contributed by atoms with Gasteiger partial charge in [-0.1, -0.05) is 6.92 Å². The quantitative estimate of drug-likeness (QED) is 0.677. The predicted molar refractivity (Wildman–Crippen MR) is 79.7 cm³/mol. The molecular weight excluding hydrogens is 294 g/mol. The minimum atomic E-state index is -3.95. The normalized spacial score (nSPS) is 23.1. The van der Waals surface area contributed by atoms with Crippen molar-refractivity contribution >= 4 is 21.4 Å². The van der Waals surface area contributed by atoms with Crippen molar-refractivity contribution < 1.29 is 13.3 Å². The van der Waals surface area contributed by atoms with E-state index in [0.29, 0.717) is 11.6 Å². The number of rotatable bonds is 3. The van der Waals surface area contributed by atoms with E-state index in [-0.39, 0.29) is 16.6 Å². The zero-order valence-electron chi connectivity index (χ0n) is 12.0. The first kappa shape index (κ1) is 15.7. The van der Waals surface area contributed by atoms with Gasteiger partial charge in [-0.3, -0.25) is 10.1 Å². The summed E-state index contributed by atoms with van der Waals surface area (Å²) in [6.07, 6.45) is 2.04. The van der Waals surface area contributed by atoms with Crippen LogP contribution < -0.4 is 10.0 Å². The van der Waals surface area contributed by atoms with E-state index in [9.17, 15) is 18.5 Å². The van der Waals surface area contributed by atoms with Crippen LogP contribution in [0.15, 0.2) is 23.1 Å². The number of nitrogens with zero attached hydrogens (tertiary/aromatic N) is 2. The van der Waals surface area contributed by atoms with Gasteiger partial charge < -0.3 is 4.90 Å². The van der Waals surface area contributed by atoms with E-state index >= 15 is 0 Å². The lowest BCUT2D eigenvalue weighted by atomic mass is 9.94. The maximum absolute atomic E-state index is 11.4. The molecule has 0 aromatic heterocycles. The monoisotopic (exact) mass is 313 g/mol. The maximum Gasteiger partial charge on any atom is 0.293 e. The van der Waals surface area contributed by atoms with Gasteiger partial charge >= 0.3 is 0 Å². The van der Waals surface area contributed by atoms with E-state index in [1.807, 2.05) is 11.8 Å². The molecule has 2 atom stereocenters. The van der Waals surface area contributed by atoms with Crippen molar-refractivity contribution in [1.29, 1.82) is 0 Å². The molecule has 21 heavy (non-hydrogen) atoms. The molecule has 8 heteroatoms. The fourth-order valence-corrected chi connectivity index (χ4v) is 3.23. The number of sulfonamides is 1. The van der Waals surface area contributed by atoms with Gasteiger partial charge in [0.15, 0.2) is 0 Å². The maximum atomic E-state index is 11.4. The summed E-state index contributed by atoms with van der Waals surface area (Å²) in [6, 6.07) is 4.02. The predicted octanol–water partition coefficient (Wildman–Crippen LogP) is 1.87. The van der Waals surface area contributed by atoms with Crippen LogP contribution in [0.3, 0.4) is 0 Å². The Kier molecular flexibility index (Phi) is 4.20. The third-order valence-electron chi connectivity index (χ3n) is 3.90. The van der Waals surface area contributed by atoms with Crippen LogP contribution in [-0.4, -0.2) is 25.9 Å². The lowest BCUT2D eigenvalue weighted by molar-refractivity contribution is -0.384. The Morgan fingerprint density at radius 1 is 1.33 bits per heavy atom. The number of piperidine rings is 1. The standard InChI is InChI=1S/C13H19N3O4S/c1-9-3-4-10(2)15(8-9)12-6-5-11(21(14,19)20)7-13(12)16(17)18/h5-7,9-10H,3-4,8H2,1-2H3,(H2,14,19,20). The van der Waals surface area contributed by atoms with Crippen molar-refractivity contribution in [1.82, 2.24) is 0 Å². The third-order valence-corrected chi connectivity index (χ3v) is 4.81. The molecule has 1 heterocycles. The minimum absolute atomic E-state index is 0.181. The molecule has 0 spiro atoms. The highest BCUT2D eigenvalue weighted by molar-refractivity contribution is 7.89. The van der Waals surface area contributed by atoms with Crippen LogP contribution in [0, 0.1) is 16.0 Å². The van der Waals surface area contributed by atoms with Crippen LogP contribution in [0.2, 0.25) is 0 Å². The Morgan fingerprint density at radius 3 is 2.57 bits per heavy atom. The van der Waals surface area contributed by atoms with Crippen molar-refractivity contribution in [3.63, 3.8) is 0 Å². The Hall–Kier alpha value is -1.67. The van der Waals surface area contributed by atoms with Crippen molar-refractivity contribution in [3.8, 4) is 0 Å². The second-order valence-corrected chi connectivity index (χ2v) is 7.20. The van der Waals surface area contributed by atoms with Gasteiger partial charge in [-0.25, -0.2) is 13.6 Å². The van der Waals surface area contributed by atoms with Crippen molar-refractivity contribution in [2.75, 3.05) is 11.4 Å². The largest absolute Gasteiger partial charge is 0.363 e. The first-order valence-electron chi connectivity index (χ1n) is 6.78. The average Bonchev–Trinajstić information content (AvgIpc) is 2.40. The topological polar surface area (TPSA) is 107 Å². The Morgan fingerprint density at radius 2 is 2.00 bits per heavy atom. The summed E-state index contributed by atoms with van der Waals surface area (Å²) < 4.78 is 22.7. The molecule has 0 amide bonds. The highest BCUT2D eigenvalue weighted by Crippen LogP contribution is 2.35. The van der Waals surface area contributed by atoms with Gasteiger partial charge in [0.2, 0.25) is 10.0 Å². The van der Waals surface area contributed by atoms with Crippen LogP contribution in [0.4, 0.5) is 11.4 Å². The molecule has 7 nitrogen and oxygen atoms in total. The molecule has 0 radical (unpaired) electrons. The molecule has 1 aromatic carbocycles. The van der Waals surface area contributed by atoms with Crippen molar-refractivity contribution in [3.05, 3.63) is 28.3 Å². The molecule has 0 aliphatic carbocycles. The van der Waals surface area contributed by atoms with Crippen LogP contribution in [0.1, 0.15) is 26.7 Å². The number of nitro benzene ring substituents is 1. The van der Waals surface area contributed by atoms with Gasteiger partial charge in [0.1, 0.15) is 5.69 Å². The molecule has 1 aromatic rings. The van der Waals surface area contributed by atoms with E-state index in [2.05, 4.69) is 6.92 Å². The van der Waals surface area contributed by atoms with Gasteiger partial charge in [-0.15, -0.1) is 0 Å². The second kappa shape index (κ2) is 5.61. The number of primary sulfonamides is 1. The van der Waals surface area contributed by atoms with Crippen molar-refractivity contribution in [2.45, 2.75) is 37.6 Å².